The smallest absolute Gasteiger partial charge is 0.294 e. The molecule has 2 aromatic carbocycles. The number of aromatic nitrogens is 4. The normalized spacial score (nSPS) is 11.3. The maximum absolute atomic E-state index is 12.7. The Bertz CT molecular complexity index is 1750. The number of rotatable bonds is 9. The van der Waals surface area contributed by atoms with E-state index >= 15 is 0 Å². The van der Waals surface area contributed by atoms with Crippen LogP contribution in [0.4, 0.5) is 0 Å². The maximum atomic E-state index is 12.7. The van der Waals surface area contributed by atoms with Gasteiger partial charge in [0, 0.05) is 31.8 Å². The molecule has 0 aliphatic carbocycles. The van der Waals surface area contributed by atoms with Crippen LogP contribution >= 0.6 is 11.3 Å². The van der Waals surface area contributed by atoms with E-state index < -0.39 is 0 Å². The van der Waals surface area contributed by atoms with Gasteiger partial charge in [0.05, 0.1) is 31.5 Å². The third-order valence-corrected chi connectivity index (χ3v) is 7.12. The lowest BCUT2D eigenvalue weighted by molar-refractivity contribution is 0.0985. The van der Waals surface area contributed by atoms with Crippen molar-refractivity contribution in [3.8, 4) is 28.1 Å². The zero-order valence-corrected chi connectivity index (χ0v) is 21.8. The monoisotopic (exact) mass is 528 g/mol. The molecule has 4 heterocycles. The van der Waals surface area contributed by atoms with Gasteiger partial charge in [-0.1, -0.05) is 24.3 Å². The first kappa shape index (κ1) is 23.8. The number of furan rings is 1. The van der Waals surface area contributed by atoms with Crippen molar-refractivity contribution in [1.82, 2.24) is 19.2 Å². The predicted octanol–water partition coefficient (Wildman–Crippen LogP) is 5.56. The minimum absolute atomic E-state index is 0.0730. The van der Waals surface area contributed by atoms with E-state index in [4.69, 9.17) is 18.6 Å². The second-order valence-electron chi connectivity index (χ2n) is 8.79. The van der Waals surface area contributed by atoms with Crippen LogP contribution in [0, 0.1) is 0 Å². The average molecular weight is 529 g/mol. The molecule has 0 radical (unpaired) electrons. The van der Waals surface area contributed by atoms with E-state index in [1.54, 1.807) is 24.9 Å². The summed E-state index contributed by atoms with van der Waals surface area (Å²) in [6, 6.07) is 17.1. The number of carbonyl (C=O) groups excluding carboxylic acids is 1. The number of fused-ring (bicyclic) bond motifs is 2. The first-order valence-electron chi connectivity index (χ1n) is 11.9. The second kappa shape index (κ2) is 9.71. The molecule has 10 heteroatoms. The molecule has 0 atom stereocenters. The summed E-state index contributed by atoms with van der Waals surface area (Å²) in [7, 11) is 5.05. The number of aryl methyl sites for hydroxylation is 1. The number of carbonyl (C=O) groups is 1. The number of ether oxygens (including phenoxy) is 3. The summed E-state index contributed by atoms with van der Waals surface area (Å²) >= 11 is 1.35. The number of nitrogens with zero attached hydrogens (tertiary/aromatic N) is 4. The summed E-state index contributed by atoms with van der Waals surface area (Å²) in [6.45, 7) is 0.318. The average Bonchev–Trinajstić information content (AvgIpc) is 3.69. The Morgan fingerprint density at radius 3 is 2.68 bits per heavy atom. The fourth-order valence-corrected chi connectivity index (χ4v) is 5.05. The number of methoxy groups -OCH3 is 2. The van der Waals surface area contributed by atoms with E-state index in [1.807, 2.05) is 72.4 Å². The first-order chi connectivity index (χ1) is 18.5. The molecule has 192 valence electrons. The molecule has 38 heavy (non-hydrogen) atoms. The molecule has 6 aromatic rings. The van der Waals surface area contributed by atoms with Gasteiger partial charge in [-0.05, 0) is 40.7 Å². The lowest BCUT2D eigenvalue weighted by atomic mass is 10.0. The first-order valence-corrected chi connectivity index (χ1v) is 12.7. The molecule has 4 aromatic heterocycles. The highest BCUT2D eigenvalue weighted by atomic mass is 32.1. The van der Waals surface area contributed by atoms with Crippen LogP contribution in [0.3, 0.4) is 0 Å². The van der Waals surface area contributed by atoms with Gasteiger partial charge in [-0.3, -0.25) is 4.79 Å². The molecule has 0 aliphatic heterocycles. The van der Waals surface area contributed by atoms with E-state index in [0.29, 0.717) is 57.4 Å². The molecule has 0 amide bonds. The number of Topliss-reactive ketones (excluding diaryl/α,β-unsaturated/α-hetero) is 1. The number of benzene rings is 2. The van der Waals surface area contributed by atoms with Gasteiger partial charge in [-0.25, -0.2) is 9.50 Å². The summed E-state index contributed by atoms with van der Waals surface area (Å²) < 4.78 is 26.5. The number of ketones is 1. The SMILES string of the molecule is COc1cc(OCc2cccc(CC(=O)c3cccn3C)c2)c2cc(-c3cn4nc(OC)sc4n3)oc2c1. The van der Waals surface area contributed by atoms with Crippen LogP contribution in [0.2, 0.25) is 0 Å². The minimum atomic E-state index is 0.0730. The van der Waals surface area contributed by atoms with E-state index in [1.165, 1.54) is 11.3 Å². The van der Waals surface area contributed by atoms with Crippen molar-refractivity contribution in [1.29, 1.82) is 0 Å². The Hall–Kier alpha value is -4.57. The highest BCUT2D eigenvalue weighted by Crippen LogP contribution is 2.37. The van der Waals surface area contributed by atoms with Gasteiger partial charge in [-0.2, -0.15) is 0 Å². The van der Waals surface area contributed by atoms with E-state index in [-0.39, 0.29) is 5.78 Å². The molecule has 0 aliphatic rings. The lowest BCUT2D eigenvalue weighted by Gasteiger charge is -2.10. The van der Waals surface area contributed by atoms with Crippen molar-refractivity contribution in [2.75, 3.05) is 14.2 Å². The molecule has 6 rings (SSSR count). The van der Waals surface area contributed by atoms with Crippen molar-refractivity contribution in [3.05, 3.63) is 83.8 Å². The third kappa shape index (κ3) is 4.50. The van der Waals surface area contributed by atoms with Crippen LogP contribution in [-0.4, -0.2) is 39.2 Å². The van der Waals surface area contributed by atoms with Gasteiger partial charge in [0.15, 0.2) is 11.5 Å². The van der Waals surface area contributed by atoms with Gasteiger partial charge in [0.25, 0.3) is 5.19 Å². The van der Waals surface area contributed by atoms with Crippen LogP contribution in [0.25, 0.3) is 27.4 Å². The Morgan fingerprint density at radius 1 is 1.05 bits per heavy atom. The number of hydrogen-bond donors (Lipinski definition) is 0. The molecule has 0 unspecified atom stereocenters. The Kier molecular flexibility index (Phi) is 6.09. The van der Waals surface area contributed by atoms with Crippen molar-refractivity contribution in [3.63, 3.8) is 0 Å². The van der Waals surface area contributed by atoms with Crippen LogP contribution in [0.5, 0.6) is 16.7 Å². The molecular formula is C28H24N4O5S. The Labute approximate surface area is 221 Å². The van der Waals surface area contributed by atoms with Gasteiger partial charge >= 0.3 is 0 Å². The van der Waals surface area contributed by atoms with Crippen molar-refractivity contribution in [2.45, 2.75) is 13.0 Å². The largest absolute Gasteiger partial charge is 0.496 e. The van der Waals surface area contributed by atoms with Gasteiger partial charge in [0.1, 0.15) is 29.4 Å². The maximum Gasteiger partial charge on any atom is 0.294 e. The highest BCUT2D eigenvalue weighted by molar-refractivity contribution is 7.18. The van der Waals surface area contributed by atoms with Gasteiger partial charge in [-0.15, -0.1) is 5.10 Å². The molecular weight excluding hydrogens is 504 g/mol. The molecule has 9 nitrogen and oxygen atoms in total. The van der Waals surface area contributed by atoms with Crippen molar-refractivity contribution < 1.29 is 23.4 Å². The quantitative estimate of drug-likeness (QED) is 0.227. The number of imidazole rings is 1. The van der Waals surface area contributed by atoms with Crippen LogP contribution < -0.4 is 14.2 Å². The fourth-order valence-electron chi connectivity index (χ4n) is 4.35. The van der Waals surface area contributed by atoms with Crippen LogP contribution in [0.1, 0.15) is 21.6 Å². The zero-order chi connectivity index (χ0) is 26.2. The van der Waals surface area contributed by atoms with Crippen molar-refractivity contribution >= 4 is 33.1 Å². The standard InChI is InChI=1S/C28H24N4O5S/c1-31-9-5-8-22(31)23(33)11-17-6-4-7-18(10-17)16-36-24-12-19(34-2)13-25-20(24)14-26(37-25)21-15-32-27(29-21)38-28(30-32)35-3/h4-10,12-15H,11,16H2,1-3H3. The molecule has 0 saturated carbocycles. The topological polar surface area (TPSA) is 93.0 Å². The molecule has 0 bridgehead atoms. The van der Waals surface area contributed by atoms with Crippen LogP contribution in [0.15, 0.2) is 71.4 Å². The van der Waals surface area contributed by atoms with E-state index in [0.717, 1.165) is 16.5 Å². The lowest BCUT2D eigenvalue weighted by Crippen LogP contribution is -2.08. The fraction of sp³-hybridized carbons (Fsp3) is 0.179. The summed E-state index contributed by atoms with van der Waals surface area (Å²) in [5.41, 5.74) is 3.86. The Morgan fingerprint density at radius 2 is 1.92 bits per heavy atom. The van der Waals surface area contributed by atoms with Gasteiger partial charge in [0.2, 0.25) is 4.96 Å². The zero-order valence-electron chi connectivity index (χ0n) is 21.0. The Balaban J connectivity index is 1.24. The summed E-state index contributed by atoms with van der Waals surface area (Å²) in [6.07, 6.45) is 3.99. The third-order valence-electron chi connectivity index (χ3n) is 6.24. The van der Waals surface area contributed by atoms with Crippen LogP contribution in [-0.2, 0) is 20.1 Å². The summed E-state index contributed by atoms with van der Waals surface area (Å²) in [5, 5.41) is 5.67. The molecule has 0 N–H and O–H groups in total. The summed E-state index contributed by atoms with van der Waals surface area (Å²) in [4.78, 5) is 18.0. The molecule has 0 fully saturated rings. The highest BCUT2D eigenvalue weighted by Gasteiger charge is 2.17. The number of hydrogen-bond acceptors (Lipinski definition) is 8. The summed E-state index contributed by atoms with van der Waals surface area (Å²) in [5.74, 6) is 1.91. The van der Waals surface area contributed by atoms with E-state index in [2.05, 4.69) is 10.1 Å². The molecule has 0 spiro atoms. The molecule has 0 saturated heterocycles. The van der Waals surface area contributed by atoms with Gasteiger partial charge < -0.3 is 23.2 Å². The minimum Gasteiger partial charge on any atom is -0.496 e. The van der Waals surface area contributed by atoms with Crippen molar-refractivity contribution in [2.24, 2.45) is 7.05 Å². The van der Waals surface area contributed by atoms with E-state index in [9.17, 15) is 4.79 Å². The second-order valence-corrected chi connectivity index (χ2v) is 9.70. The predicted molar refractivity (Wildman–Crippen MR) is 143 cm³/mol.